The number of anilines is 1. The molecule has 8 nitrogen and oxygen atoms in total. The third-order valence-corrected chi connectivity index (χ3v) is 4.70. The minimum Gasteiger partial charge on any atom is -0.454 e. The number of ether oxygens (including phenoxy) is 2. The van der Waals surface area contributed by atoms with Crippen LogP contribution < -0.4 is 19.7 Å². The van der Waals surface area contributed by atoms with Crippen molar-refractivity contribution in [1.82, 2.24) is 15.2 Å². The van der Waals surface area contributed by atoms with Gasteiger partial charge in [-0.15, -0.1) is 0 Å². The van der Waals surface area contributed by atoms with Crippen molar-refractivity contribution in [3.63, 3.8) is 0 Å². The van der Waals surface area contributed by atoms with Crippen molar-refractivity contribution in [2.45, 2.75) is 6.54 Å². The Hall–Kier alpha value is -3.29. The van der Waals surface area contributed by atoms with E-state index in [1.807, 2.05) is 24.3 Å². The molecule has 8 heteroatoms. The molecule has 0 aliphatic carbocycles. The quantitative estimate of drug-likeness (QED) is 0.794. The lowest BCUT2D eigenvalue weighted by Crippen LogP contribution is -2.45. The highest BCUT2D eigenvalue weighted by Gasteiger charge is 2.18. The first-order valence-electron chi connectivity index (χ1n) is 8.79. The van der Waals surface area contributed by atoms with Gasteiger partial charge in [-0.1, -0.05) is 6.07 Å². The van der Waals surface area contributed by atoms with Gasteiger partial charge in [-0.05, 0) is 23.8 Å². The summed E-state index contributed by atoms with van der Waals surface area (Å²) >= 11 is 0. The molecule has 0 unspecified atom stereocenters. The molecule has 0 spiro atoms. The number of amides is 2. The number of aromatic nitrogens is 1. The van der Waals surface area contributed by atoms with Gasteiger partial charge in [0.25, 0.3) is 5.91 Å². The number of nitrogens with zero attached hydrogens (tertiary/aromatic N) is 3. The average Bonchev–Trinajstić information content (AvgIpc) is 3.20. The Morgan fingerprint density at radius 3 is 2.74 bits per heavy atom. The molecule has 140 valence electrons. The lowest BCUT2D eigenvalue weighted by Gasteiger charge is -2.34. The molecule has 4 rings (SSSR count). The van der Waals surface area contributed by atoms with E-state index in [4.69, 9.17) is 9.47 Å². The normalized spacial score (nSPS) is 15.6. The first-order chi connectivity index (χ1) is 13.2. The van der Waals surface area contributed by atoms with Crippen LogP contribution in [0.1, 0.15) is 15.9 Å². The molecular formula is C19H20N4O4. The zero-order chi connectivity index (χ0) is 18.6. The van der Waals surface area contributed by atoms with Crippen LogP contribution in [0.15, 0.2) is 36.7 Å². The van der Waals surface area contributed by atoms with Gasteiger partial charge in [0, 0.05) is 38.9 Å². The van der Waals surface area contributed by atoms with Crippen molar-refractivity contribution in [1.29, 1.82) is 0 Å². The summed E-state index contributed by atoms with van der Waals surface area (Å²) in [6, 6.07) is 7.43. The second-order valence-electron chi connectivity index (χ2n) is 6.43. The summed E-state index contributed by atoms with van der Waals surface area (Å²) in [4.78, 5) is 31.4. The van der Waals surface area contributed by atoms with E-state index in [0.717, 1.165) is 36.5 Å². The minimum atomic E-state index is -0.187. The minimum absolute atomic E-state index is 0.187. The Labute approximate surface area is 156 Å². The van der Waals surface area contributed by atoms with Crippen molar-refractivity contribution < 1.29 is 19.1 Å². The van der Waals surface area contributed by atoms with Crippen LogP contribution in [0.5, 0.6) is 11.5 Å². The van der Waals surface area contributed by atoms with Gasteiger partial charge in [0.05, 0.1) is 17.4 Å². The first-order valence-corrected chi connectivity index (χ1v) is 8.79. The summed E-state index contributed by atoms with van der Waals surface area (Å²) < 4.78 is 10.6. The van der Waals surface area contributed by atoms with E-state index >= 15 is 0 Å². The van der Waals surface area contributed by atoms with Crippen LogP contribution in [0.4, 0.5) is 5.69 Å². The number of carbonyl (C=O) groups is 2. The van der Waals surface area contributed by atoms with Gasteiger partial charge in [-0.3, -0.25) is 14.6 Å². The summed E-state index contributed by atoms with van der Waals surface area (Å²) in [6.07, 6.45) is 4.17. The van der Waals surface area contributed by atoms with Crippen molar-refractivity contribution in [2.75, 3.05) is 37.9 Å². The molecule has 0 saturated carbocycles. The van der Waals surface area contributed by atoms with Crippen molar-refractivity contribution >= 4 is 18.0 Å². The number of carbonyl (C=O) groups excluding carboxylic acids is 2. The van der Waals surface area contributed by atoms with Crippen LogP contribution in [0.25, 0.3) is 0 Å². The second-order valence-corrected chi connectivity index (χ2v) is 6.43. The van der Waals surface area contributed by atoms with E-state index in [0.29, 0.717) is 30.9 Å². The summed E-state index contributed by atoms with van der Waals surface area (Å²) in [5, 5.41) is 2.90. The Morgan fingerprint density at radius 1 is 1.11 bits per heavy atom. The van der Waals surface area contributed by atoms with Gasteiger partial charge in [0.15, 0.2) is 11.5 Å². The van der Waals surface area contributed by atoms with E-state index in [1.54, 1.807) is 17.3 Å². The lowest BCUT2D eigenvalue weighted by molar-refractivity contribution is -0.118. The molecule has 2 amide bonds. The maximum absolute atomic E-state index is 12.5. The van der Waals surface area contributed by atoms with Crippen LogP contribution in [-0.4, -0.2) is 55.2 Å². The van der Waals surface area contributed by atoms with Crippen molar-refractivity contribution in [3.8, 4) is 11.5 Å². The molecule has 0 atom stereocenters. The van der Waals surface area contributed by atoms with Crippen LogP contribution in [0.2, 0.25) is 0 Å². The molecular weight excluding hydrogens is 348 g/mol. The number of nitrogens with one attached hydrogen (secondary N) is 1. The fraction of sp³-hybridized carbons (Fsp3) is 0.316. The number of rotatable bonds is 5. The predicted molar refractivity (Wildman–Crippen MR) is 97.8 cm³/mol. The highest BCUT2D eigenvalue weighted by molar-refractivity contribution is 5.94. The SMILES string of the molecule is O=CN1CCN(c2cncc(C(=O)NCc3ccc4c(c3)OCO4)c2)CC1. The molecule has 1 aromatic carbocycles. The molecule has 1 N–H and O–H groups in total. The highest BCUT2D eigenvalue weighted by atomic mass is 16.7. The Morgan fingerprint density at radius 2 is 1.93 bits per heavy atom. The van der Waals surface area contributed by atoms with Gasteiger partial charge >= 0.3 is 0 Å². The van der Waals surface area contributed by atoms with E-state index in [-0.39, 0.29) is 12.7 Å². The van der Waals surface area contributed by atoms with Crippen LogP contribution in [0.3, 0.4) is 0 Å². The Balaban J connectivity index is 1.38. The maximum Gasteiger partial charge on any atom is 0.253 e. The van der Waals surface area contributed by atoms with E-state index in [1.165, 1.54) is 0 Å². The Kier molecular flexibility index (Phi) is 4.78. The average molecular weight is 368 g/mol. The van der Waals surface area contributed by atoms with E-state index in [2.05, 4.69) is 15.2 Å². The topological polar surface area (TPSA) is 84.0 Å². The van der Waals surface area contributed by atoms with Gasteiger partial charge < -0.3 is 24.6 Å². The van der Waals surface area contributed by atoms with Gasteiger partial charge in [-0.25, -0.2) is 0 Å². The van der Waals surface area contributed by atoms with Crippen molar-refractivity contribution in [2.24, 2.45) is 0 Å². The molecule has 2 aliphatic rings. The molecule has 2 aromatic rings. The number of benzene rings is 1. The number of hydrogen-bond acceptors (Lipinski definition) is 6. The molecule has 0 radical (unpaired) electrons. The standard InChI is InChI=1S/C19H20N4O4/c24-12-22-3-5-23(6-4-22)16-8-15(10-20-11-16)19(25)21-9-14-1-2-17-18(7-14)27-13-26-17/h1-2,7-8,10-12H,3-6,9,13H2,(H,21,25). The van der Waals surface area contributed by atoms with E-state index in [9.17, 15) is 9.59 Å². The number of piperazine rings is 1. The van der Waals surface area contributed by atoms with E-state index < -0.39 is 0 Å². The molecule has 2 aliphatic heterocycles. The zero-order valence-corrected chi connectivity index (χ0v) is 14.8. The zero-order valence-electron chi connectivity index (χ0n) is 14.8. The molecule has 1 aromatic heterocycles. The lowest BCUT2D eigenvalue weighted by atomic mass is 10.2. The fourth-order valence-corrected chi connectivity index (χ4v) is 3.15. The molecule has 1 fully saturated rings. The van der Waals surface area contributed by atoms with Gasteiger partial charge in [-0.2, -0.15) is 0 Å². The predicted octanol–water partition coefficient (Wildman–Crippen LogP) is 1.02. The largest absolute Gasteiger partial charge is 0.454 e. The van der Waals surface area contributed by atoms with Crippen LogP contribution >= 0.6 is 0 Å². The molecule has 27 heavy (non-hydrogen) atoms. The summed E-state index contributed by atoms with van der Waals surface area (Å²) in [5.74, 6) is 1.23. The number of fused-ring (bicyclic) bond motifs is 1. The summed E-state index contributed by atoms with van der Waals surface area (Å²) in [7, 11) is 0. The molecule has 0 bridgehead atoms. The molecule has 1 saturated heterocycles. The summed E-state index contributed by atoms with van der Waals surface area (Å²) in [6.45, 7) is 3.40. The van der Waals surface area contributed by atoms with Crippen LogP contribution in [-0.2, 0) is 11.3 Å². The third-order valence-electron chi connectivity index (χ3n) is 4.70. The monoisotopic (exact) mass is 368 g/mol. The smallest absolute Gasteiger partial charge is 0.253 e. The maximum atomic E-state index is 12.5. The fourth-order valence-electron chi connectivity index (χ4n) is 3.15. The van der Waals surface area contributed by atoms with Crippen LogP contribution in [0, 0.1) is 0 Å². The second kappa shape index (κ2) is 7.53. The molecule has 3 heterocycles. The van der Waals surface area contributed by atoms with Gasteiger partial charge in [0.2, 0.25) is 13.2 Å². The van der Waals surface area contributed by atoms with Crippen molar-refractivity contribution in [3.05, 3.63) is 47.8 Å². The summed E-state index contributed by atoms with van der Waals surface area (Å²) in [5.41, 5.74) is 2.32. The number of hydrogen-bond donors (Lipinski definition) is 1. The third kappa shape index (κ3) is 3.79. The number of pyridine rings is 1. The van der Waals surface area contributed by atoms with Gasteiger partial charge in [0.1, 0.15) is 0 Å². The first kappa shape index (κ1) is 17.1. The highest BCUT2D eigenvalue weighted by Crippen LogP contribution is 2.32. The Bertz CT molecular complexity index is 849.